The third kappa shape index (κ3) is 1.17. The van der Waals surface area contributed by atoms with Crippen LogP contribution in [-0.2, 0) is 0 Å². The predicted octanol–water partition coefficient (Wildman–Crippen LogP) is 1.79. The van der Waals surface area contributed by atoms with Gasteiger partial charge in [-0.2, -0.15) is 0 Å². The molecular weight excluding hydrogens is 134 g/mol. The molecule has 10 heavy (non-hydrogen) atoms. The molecular formula is C8H7MgN. The Kier molecular flexibility index (Phi) is 2.35. The van der Waals surface area contributed by atoms with Crippen LogP contribution in [0.3, 0.4) is 0 Å². The quantitative estimate of drug-likeness (QED) is 0.539. The van der Waals surface area contributed by atoms with Crippen LogP contribution in [0, 0.1) is 0 Å². The van der Waals surface area contributed by atoms with Crippen LogP contribution in [0.1, 0.15) is 0 Å². The first-order valence-corrected chi connectivity index (χ1v) is 2.99. The molecule has 1 nitrogen and oxygen atoms in total. The average Bonchev–Trinajstić information content (AvgIpc) is 2.33. The van der Waals surface area contributed by atoms with Crippen molar-refractivity contribution >= 4 is 34.0 Å². The minimum atomic E-state index is 0. The van der Waals surface area contributed by atoms with E-state index in [1.54, 1.807) is 0 Å². The van der Waals surface area contributed by atoms with Gasteiger partial charge in [0.15, 0.2) is 0 Å². The number of nitrogens with one attached hydrogen (secondary N) is 1. The summed E-state index contributed by atoms with van der Waals surface area (Å²) in [6, 6.07) is 10.3. The zero-order chi connectivity index (χ0) is 6.10. The van der Waals surface area contributed by atoms with Gasteiger partial charge in [-0.15, -0.1) is 0 Å². The SMILES string of the molecule is [Mg].c1ccc2[nH]ccc2c1. The Morgan fingerprint density at radius 1 is 1.00 bits per heavy atom. The van der Waals surface area contributed by atoms with Gasteiger partial charge in [-0.3, -0.25) is 0 Å². The summed E-state index contributed by atoms with van der Waals surface area (Å²) in [4.78, 5) is 3.12. The van der Waals surface area contributed by atoms with Crippen LogP contribution in [0.15, 0.2) is 36.5 Å². The van der Waals surface area contributed by atoms with Crippen molar-refractivity contribution in [1.82, 2.24) is 4.98 Å². The summed E-state index contributed by atoms with van der Waals surface area (Å²) in [6.07, 6.45) is 1.95. The number of aromatic nitrogens is 1. The summed E-state index contributed by atoms with van der Waals surface area (Å²) in [5.41, 5.74) is 1.21. The molecule has 2 radical (unpaired) electrons. The summed E-state index contributed by atoms with van der Waals surface area (Å²) in [5, 5.41) is 1.28. The molecule has 1 heterocycles. The Morgan fingerprint density at radius 2 is 1.80 bits per heavy atom. The van der Waals surface area contributed by atoms with E-state index < -0.39 is 0 Å². The molecule has 2 aromatic rings. The van der Waals surface area contributed by atoms with Crippen LogP contribution in [0.25, 0.3) is 10.9 Å². The molecule has 0 amide bonds. The second kappa shape index (κ2) is 3.08. The lowest BCUT2D eigenvalue weighted by atomic mass is 10.3. The normalized spacial score (nSPS) is 9.20. The highest BCUT2D eigenvalue weighted by Gasteiger charge is 1.86. The van der Waals surface area contributed by atoms with E-state index in [-0.39, 0.29) is 23.1 Å². The first-order valence-electron chi connectivity index (χ1n) is 2.99. The van der Waals surface area contributed by atoms with Crippen molar-refractivity contribution in [3.8, 4) is 0 Å². The highest BCUT2D eigenvalue weighted by molar-refractivity contribution is 5.78. The van der Waals surface area contributed by atoms with Gasteiger partial charge in [0.2, 0.25) is 0 Å². The first-order chi connectivity index (χ1) is 4.47. The summed E-state index contributed by atoms with van der Waals surface area (Å²) >= 11 is 0. The van der Waals surface area contributed by atoms with E-state index >= 15 is 0 Å². The molecule has 0 spiro atoms. The fraction of sp³-hybridized carbons (Fsp3) is 0. The fourth-order valence-corrected chi connectivity index (χ4v) is 0.995. The second-order valence-corrected chi connectivity index (χ2v) is 2.06. The van der Waals surface area contributed by atoms with Crippen LogP contribution in [-0.4, -0.2) is 28.0 Å². The standard InChI is InChI=1S/C8H7N.Mg/c1-2-4-8-7(3-1)5-6-9-8;/h1-6,9H;. The number of rotatable bonds is 0. The van der Waals surface area contributed by atoms with Crippen molar-refractivity contribution < 1.29 is 0 Å². The van der Waals surface area contributed by atoms with Gasteiger partial charge in [-0.25, -0.2) is 0 Å². The van der Waals surface area contributed by atoms with E-state index in [1.165, 1.54) is 10.9 Å². The summed E-state index contributed by atoms with van der Waals surface area (Å²) in [7, 11) is 0. The molecule has 0 atom stereocenters. The maximum Gasteiger partial charge on any atom is 0.0453 e. The van der Waals surface area contributed by atoms with Crippen molar-refractivity contribution in [3.63, 3.8) is 0 Å². The third-order valence-corrected chi connectivity index (χ3v) is 1.46. The van der Waals surface area contributed by atoms with Crippen molar-refractivity contribution in [3.05, 3.63) is 36.5 Å². The molecule has 1 aromatic carbocycles. The number of fused-ring (bicyclic) bond motifs is 1. The molecule has 0 aliphatic heterocycles. The smallest absolute Gasteiger partial charge is 0.0453 e. The summed E-state index contributed by atoms with van der Waals surface area (Å²) in [6.45, 7) is 0. The van der Waals surface area contributed by atoms with Crippen molar-refractivity contribution in [2.75, 3.05) is 0 Å². The molecule has 0 saturated carbocycles. The van der Waals surface area contributed by atoms with E-state index in [1.807, 2.05) is 18.3 Å². The number of benzene rings is 1. The lowest BCUT2D eigenvalue weighted by Crippen LogP contribution is -1.61. The second-order valence-electron chi connectivity index (χ2n) is 2.06. The first kappa shape index (κ1) is 7.63. The number of hydrogen-bond donors (Lipinski definition) is 1. The molecule has 1 aromatic heterocycles. The van der Waals surface area contributed by atoms with Gasteiger partial charge in [-0.1, -0.05) is 18.2 Å². The highest BCUT2D eigenvalue weighted by atomic mass is 24.3. The molecule has 0 fully saturated rings. The largest absolute Gasteiger partial charge is 0.361 e. The lowest BCUT2D eigenvalue weighted by Gasteiger charge is -1.83. The topological polar surface area (TPSA) is 15.8 Å². The molecule has 46 valence electrons. The van der Waals surface area contributed by atoms with Gasteiger partial charge in [-0.05, 0) is 17.5 Å². The number of H-pyrrole nitrogens is 1. The average molecular weight is 141 g/mol. The molecule has 0 aliphatic rings. The predicted molar refractivity (Wildman–Crippen MR) is 44.1 cm³/mol. The monoisotopic (exact) mass is 141 g/mol. The van der Waals surface area contributed by atoms with Gasteiger partial charge in [0, 0.05) is 34.8 Å². The fourth-order valence-electron chi connectivity index (χ4n) is 0.995. The Balaban J connectivity index is 0.000000500. The van der Waals surface area contributed by atoms with Crippen molar-refractivity contribution in [1.29, 1.82) is 0 Å². The lowest BCUT2D eigenvalue weighted by molar-refractivity contribution is 1.48. The summed E-state index contributed by atoms with van der Waals surface area (Å²) in [5.74, 6) is 0. The van der Waals surface area contributed by atoms with Crippen LogP contribution in [0.4, 0.5) is 0 Å². The van der Waals surface area contributed by atoms with E-state index in [0.717, 1.165) is 0 Å². The molecule has 2 heteroatoms. The Labute approximate surface area is 75.6 Å². The van der Waals surface area contributed by atoms with E-state index in [4.69, 9.17) is 0 Å². The van der Waals surface area contributed by atoms with Crippen LogP contribution in [0.2, 0.25) is 0 Å². The molecule has 0 saturated heterocycles. The van der Waals surface area contributed by atoms with E-state index in [2.05, 4.69) is 23.2 Å². The number of hydrogen-bond acceptors (Lipinski definition) is 0. The van der Waals surface area contributed by atoms with Gasteiger partial charge in [0.25, 0.3) is 0 Å². The van der Waals surface area contributed by atoms with Crippen molar-refractivity contribution in [2.24, 2.45) is 0 Å². The third-order valence-electron chi connectivity index (χ3n) is 1.46. The Hall–Kier alpha value is -0.474. The Morgan fingerprint density at radius 3 is 2.60 bits per heavy atom. The van der Waals surface area contributed by atoms with E-state index in [0.29, 0.717) is 0 Å². The minimum absolute atomic E-state index is 0. The number of aromatic amines is 1. The minimum Gasteiger partial charge on any atom is -0.361 e. The number of para-hydroxylation sites is 1. The molecule has 0 bridgehead atoms. The maximum absolute atomic E-state index is 3.12. The molecule has 0 unspecified atom stereocenters. The van der Waals surface area contributed by atoms with Gasteiger partial charge in [0.05, 0.1) is 0 Å². The van der Waals surface area contributed by atoms with Crippen molar-refractivity contribution in [2.45, 2.75) is 0 Å². The van der Waals surface area contributed by atoms with Crippen LogP contribution >= 0.6 is 0 Å². The van der Waals surface area contributed by atoms with Gasteiger partial charge < -0.3 is 4.98 Å². The maximum atomic E-state index is 3.12. The van der Waals surface area contributed by atoms with Gasteiger partial charge in [0.1, 0.15) is 0 Å². The zero-order valence-electron chi connectivity index (χ0n) is 5.67. The Bertz CT molecular complexity index is 283. The van der Waals surface area contributed by atoms with Gasteiger partial charge >= 0.3 is 0 Å². The summed E-state index contributed by atoms with van der Waals surface area (Å²) < 4.78 is 0. The van der Waals surface area contributed by atoms with E-state index in [9.17, 15) is 0 Å². The molecule has 2 rings (SSSR count). The molecule has 0 aliphatic carbocycles. The van der Waals surface area contributed by atoms with Crippen LogP contribution in [0.5, 0.6) is 0 Å². The zero-order valence-corrected chi connectivity index (χ0v) is 7.09. The highest BCUT2D eigenvalue weighted by Crippen LogP contribution is 2.09. The van der Waals surface area contributed by atoms with Crippen LogP contribution < -0.4 is 0 Å². The molecule has 1 N–H and O–H groups in total.